The van der Waals surface area contributed by atoms with Gasteiger partial charge in [0.1, 0.15) is 16.2 Å². The number of rotatable bonds is 5. The first-order valence-electron chi connectivity index (χ1n) is 5.67. The van der Waals surface area contributed by atoms with Gasteiger partial charge in [-0.15, -0.1) is 0 Å². The molecule has 1 heterocycles. The minimum absolute atomic E-state index is 0.0370. The molecule has 0 saturated heterocycles. The van der Waals surface area contributed by atoms with Gasteiger partial charge in [0, 0.05) is 24.0 Å². The number of nitrogens with zero attached hydrogens (tertiary/aromatic N) is 4. The molecule has 0 bridgehead atoms. The van der Waals surface area contributed by atoms with E-state index in [1.54, 1.807) is 12.1 Å². The topological polar surface area (TPSA) is 108 Å². The third-order valence-electron chi connectivity index (χ3n) is 2.54. The molecule has 1 aromatic heterocycles. The van der Waals surface area contributed by atoms with Crippen molar-refractivity contribution in [3.8, 4) is 11.4 Å². The zero-order valence-electron chi connectivity index (χ0n) is 10.6. The van der Waals surface area contributed by atoms with Crippen molar-refractivity contribution in [3.05, 3.63) is 40.7 Å². The van der Waals surface area contributed by atoms with Crippen molar-refractivity contribution in [2.75, 3.05) is 12.0 Å². The van der Waals surface area contributed by atoms with Gasteiger partial charge in [-0.25, -0.2) is 13.4 Å². The van der Waals surface area contributed by atoms with Crippen LogP contribution in [0.4, 0.5) is 5.69 Å². The maximum Gasteiger partial charge on any atom is 0.270 e. The zero-order valence-corrected chi connectivity index (χ0v) is 11.4. The third-order valence-corrected chi connectivity index (χ3v) is 3.47. The monoisotopic (exact) mass is 296 g/mol. The number of benzene rings is 1. The Balaban J connectivity index is 2.20. The van der Waals surface area contributed by atoms with Crippen molar-refractivity contribution in [3.63, 3.8) is 0 Å². The number of non-ortho nitro benzene ring substituents is 1. The van der Waals surface area contributed by atoms with E-state index in [9.17, 15) is 18.5 Å². The Morgan fingerprint density at radius 1 is 1.40 bits per heavy atom. The molecule has 1 aromatic carbocycles. The first kappa shape index (κ1) is 14.1. The van der Waals surface area contributed by atoms with E-state index >= 15 is 0 Å². The molecule has 2 aromatic rings. The molecule has 0 aliphatic heterocycles. The second-order valence-corrected chi connectivity index (χ2v) is 6.53. The SMILES string of the molecule is CS(=O)(=O)CCn1cnc(-c2cccc([N+](=O)[O-])c2)n1. The molecule has 0 aliphatic carbocycles. The number of aryl methyl sites for hydroxylation is 1. The van der Waals surface area contributed by atoms with E-state index in [0.29, 0.717) is 11.4 Å². The second-order valence-electron chi connectivity index (χ2n) is 4.27. The van der Waals surface area contributed by atoms with Crippen molar-refractivity contribution in [2.45, 2.75) is 6.54 Å². The summed E-state index contributed by atoms with van der Waals surface area (Å²) in [5.74, 6) is 0.285. The summed E-state index contributed by atoms with van der Waals surface area (Å²) in [6, 6.07) is 5.95. The Hall–Kier alpha value is -2.29. The average Bonchev–Trinajstić information content (AvgIpc) is 2.84. The van der Waals surface area contributed by atoms with Crippen LogP contribution < -0.4 is 0 Å². The van der Waals surface area contributed by atoms with Crippen LogP contribution in [0.1, 0.15) is 0 Å². The number of aromatic nitrogens is 3. The van der Waals surface area contributed by atoms with E-state index in [1.165, 1.54) is 23.1 Å². The van der Waals surface area contributed by atoms with E-state index in [4.69, 9.17) is 0 Å². The lowest BCUT2D eigenvalue weighted by atomic mass is 10.2. The predicted molar refractivity (Wildman–Crippen MR) is 71.8 cm³/mol. The predicted octanol–water partition coefficient (Wildman–Crippen LogP) is 0.898. The Kier molecular flexibility index (Phi) is 3.79. The molecule has 2 rings (SSSR count). The summed E-state index contributed by atoms with van der Waals surface area (Å²) in [7, 11) is -3.07. The Morgan fingerprint density at radius 2 is 2.15 bits per heavy atom. The lowest BCUT2D eigenvalue weighted by Gasteiger charge is -1.98. The molecule has 0 atom stereocenters. The van der Waals surface area contributed by atoms with Gasteiger partial charge in [0.15, 0.2) is 5.82 Å². The highest BCUT2D eigenvalue weighted by Gasteiger charge is 2.11. The van der Waals surface area contributed by atoms with Gasteiger partial charge >= 0.3 is 0 Å². The number of nitro groups is 1. The normalized spacial score (nSPS) is 11.4. The van der Waals surface area contributed by atoms with E-state index in [1.807, 2.05) is 0 Å². The summed E-state index contributed by atoms with van der Waals surface area (Å²) in [6.45, 7) is 0.195. The van der Waals surface area contributed by atoms with E-state index < -0.39 is 14.8 Å². The Bertz CT molecular complexity index is 738. The van der Waals surface area contributed by atoms with Crippen molar-refractivity contribution in [1.82, 2.24) is 14.8 Å². The molecule has 0 spiro atoms. The van der Waals surface area contributed by atoms with Crippen LogP contribution in [0.5, 0.6) is 0 Å². The van der Waals surface area contributed by atoms with Gasteiger partial charge in [-0.3, -0.25) is 14.8 Å². The van der Waals surface area contributed by atoms with E-state index in [2.05, 4.69) is 10.1 Å². The molecule has 0 saturated carbocycles. The molecule has 0 N–H and O–H groups in total. The fourth-order valence-corrected chi connectivity index (χ4v) is 2.07. The zero-order chi connectivity index (χ0) is 14.8. The minimum atomic E-state index is -3.07. The highest BCUT2D eigenvalue weighted by Crippen LogP contribution is 2.20. The molecule has 106 valence electrons. The summed E-state index contributed by atoms with van der Waals surface area (Å²) in [5, 5.41) is 14.8. The fourth-order valence-electron chi connectivity index (χ4n) is 1.55. The largest absolute Gasteiger partial charge is 0.270 e. The minimum Gasteiger partial charge on any atom is -0.258 e. The maximum atomic E-state index is 11.1. The molecular formula is C11H12N4O4S. The number of sulfone groups is 1. The summed E-state index contributed by atoms with van der Waals surface area (Å²) >= 11 is 0. The molecule has 8 nitrogen and oxygen atoms in total. The van der Waals surface area contributed by atoms with Crippen LogP contribution in [0.25, 0.3) is 11.4 Å². The first-order chi connectivity index (χ1) is 9.35. The summed E-state index contributed by atoms with van der Waals surface area (Å²) < 4.78 is 23.5. The smallest absolute Gasteiger partial charge is 0.258 e. The molecule has 9 heteroatoms. The van der Waals surface area contributed by atoms with Crippen LogP contribution in [0.15, 0.2) is 30.6 Å². The van der Waals surface area contributed by atoms with Crippen LogP contribution in [-0.4, -0.2) is 40.1 Å². The van der Waals surface area contributed by atoms with Crippen LogP contribution in [0.2, 0.25) is 0 Å². The van der Waals surface area contributed by atoms with Gasteiger partial charge in [0.05, 0.1) is 17.2 Å². The van der Waals surface area contributed by atoms with Crippen molar-refractivity contribution in [1.29, 1.82) is 0 Å². The molecule has 0 unspecified atom stereocenters. The van der Waals surface area contributed by atoms with Gasteiger partial charge < -0.3 is 0 Å². The fraction of sp³-hybridized carbons (Fsp3) is 0.273. The average molecular weight is 296 g/mol. The van der Waals surface area contributed by atoms with Crippen LogP contribution >= 0.6 is 0 Å². The van der Waals surface area contributed by atoms with Crippen molar-refractivity contribution < 1.29 is 13.3 Å². The quantitative estimate of drug-likeness (QED) is 0.599. The second kappa shape index (κ2) is 5.37. The third kappa shape index (κ3) is 3.60. The summed E-state index contributed by atoms with van der Waals surface area (Å²) in [4.78, 5) is 14.2. The number of hydrogen-bond acceptors (Lipinski definition) is 6. The molecule has 20 heavy (non-hydrogen) atoms. The van der Waals surface area contributed by atoms with Crippen LogP contribution in [0, 0.1) is 10.1 Å². The molecule has 0 amide bonds. The highest BCUT2D eigenvalue weighted by atomic mass is 32.2. The first-order valence-corrected chi connectivity index (χ1v) is 7.73. The summed E-state index contributed by atoms with van der Waals surface area (Å²) in [6.07, 6.45) is 2.55. The van der Waals surface area contributed by atoms with Gasteiger partial charge in [0.2, 0.25) is 0 Å². The summed E-state index contributed by atoms with van der Waals surface area (Å²) in [5.41, 5.74) is 0.465. The van der Waals surface area contributed by atoms with Gasteiger partial charge in [0.25, 0.3) is 5.69 Å². The van der Waals surface area contributed by atoms with Crippen LogP contribution in [0.3, 0.4) is 0 Å². The standard InChI is InChI=1S/C11H12N4O4S/c1-20(18,19)6-5-14-8-12-11(13-14)9-3-2-4-10(7-9)15(16)17/h2-4,7-8H,5-6H2,1H3. The van der Waals surface area contributed by atoms with Crippen LogP contribution in [-0.2, 0) is 16.4 Å². The van der Waals surface area contributed by atoms with E-state index in [0.717, 1.165) is 6.26 Å². The van der Waals surface area contributed by atoms with Crippen molar-refractivity contribution >= 4 is 15.5 Å². The molecule has 0 aliphatic rings. The number of nitro benzene ring substituents is 1. The van der Waals surface area contributed by atoms with Crippen molar-refractivity contribution in [2.24, 2.45) is 0 Å². The molecular weight excluding hydrogens is 284 g/mol. The molecule has 0 fully saturated rings. The van der Waals surface area contributed by atoms with Gasteiger partial charge in [-0.05, 0) is 0 Å². The highest BCUT2D eigenvalue weighted by molar-refractivity contribution is 7.90. The Morgan fingerprint density at radius 3 is 2.80 bits per heavy atom. The molecule has 0 radical (unpaired) electrons. The van der Waals surface area contributed by atoms with Gasteiger partial charge in [-0.1, -0.05) is 12.1 Å². The Labute approximate surface area is 115 Å². The lowest BCUT2D eigenvalue weighted by Crippen LogP contribution is -2.11. The lowest BCUT2D eigenvalue weighted by molar-refractivity contribution is -0.384. The van der Waals surface area contributed by atoms with Gasteiger partial charge in [-0.2, -0.15) is 5.10 Å². The number of hydrogen-bond donors (Lipinski definition) is 0. The van der Waals surface area contributed by atoms with E-state index in [-0.39, 0.29) is 18.0 Å². The maximum absolute atomic E-state index is 11.1.